The predicted octanol–water partition coefficient (Wildman–Crippen LogP) is 2.59. The molecule has 0 bridgehead atoms. The molecule has 4 heteroatoms. The lowest BCUT2D eigenvalue weighted by molar-refractivity contribution is 0.0136. The summed E-state index contributed by atoms with van der Waals surface area (Å²) < 4.78 is 0. The molecule has 3 rings (SSSR count). The van der Waals surface area contributed by atoms with E-state index in [0.717, 1.165) is 38.6 Å². The Labute approximate surface area is 139 Å². The lowest BCUT2D eigenvalue weighted by atomic mass is 9.91. The number of aliphatic hydroxyl groups is 1. The minimum absolute atomic E-state index is 0.272. The zero-order valence-electron chi connectivity index (χ0n) is 14.0. The lowest BCUT2D eigenvalue weighted by Gasteiger charge is -2.46. The van der Waals surface area contributed by atoms with Gasteiger partial charge in [-0.1, -0.05) is 31.4 Å². The maximum absolute atomic E-state index is 9.63. The molecule has 0 aromatic heterocycles. The minimum atomic E-state index is 0.272. The van der Waals surface area contributed by atoms with Crippen LogP contribution in [0.15, 0.2) is 24.3 Å². The van der Waals surface area contributed by atoms with Crippen molar-refractivity contribution in [2.75, 3.05) is 26.2 Å². The Morgan fingerprint density at radius 1 is 1.09 bits per heavy atom. The molecule has 1 aromatic rings. The van der Waals surface area contributed by atoms with E-state index in [1.807, 2.05) is 12.1 Å². The first-order valence-corrected chi connectivity index (χ1v) is 9.13. The van der Waals surface area contributed by atoms with Crippen LogP contribution in [0.5, 0.6) is 5.75 Å². The topological polar surface area (TPSA) is 46.9 Å². The maximum Gasteiger partial charge on any atom is 0.115 e. The Kier molecular flexibility index (Phi) is 5.92. The van der Waals surface area contributed by atoms with Gasteiger partial charge in [0, 0.05) is 44.9 Å². The SMILES string of the molecule is OCC[C@H]1CN(Cc2cccc(O)c2)CCN1C1CCCCC1. The highest BCUT2D eigenvalue weighted by Gasteiger charge is 2.32. The summed E-state index contributed by atoms with van der Waals surface area (Å²) in [6, 6.07) is 8.76. The van der Waals surface area contributed by atoms with Crippen molar-refractivity contribution < 1.29 is 10.2 Å². The average molecular weight is 318 g/mol. The first-order valence-electron chi connectivity index (χ1n) is 9.13. The highest BCUT2D eigenvalue weighted by atomic mass is 16.3. The van der Waals surface area contributed by atoms with Crippen LogP contribution in [0.1, 0.15) is 44.1 Å². The zero-order chi connectivity index (χ0) is 16.1. The highest BCUT2D eigenvalue weighted by molar-refractivity contribution is 5.27. The summed E-state index contributed by atoms with van der Waals surface area (Å²) in [6.45, 7) is 4.36. The van der Waals surface area contributed by atoms with E-state index < -0.39 is 0 Å². The molecule has 1 saturated carbocycles. The van der Waals surface area contributed by atoms with Crippen molar-refractivity contribution in [3.8, 4) is 5.75 Å². The van der Waals surface area contributed by atoms with Crippen molar-refractivity contribution in [2.24, 2.45) is 0 Å². The van der Waals surface area contributed by atoms with E-state index in [-0.39, 0.29) is 6.61 Å². The third-order valence-electron chi connectivity index (χ3n) is 5.44. The third kappa shape index (κ3) is 4.46. The van der Waals surface area contributed by atoms with E-state index in [0.29, 0.717) is 11.8 Å². The Morgan fingerprint density at radius 2 is 1.91 bits per heavy atom. The molecular weight excluding hydrogens is 288 g/mol. The number of phenols is 1. The number of aromatic hydroxyl groups is 1. The molecule has 2 N–H and O–H groups in total. The van der Waals surface area contributed by atoms with Gasteiger partial charge in [0.15, 0.2) is 0 Å². The van der Waals surface area contributed by atoms with Crippen molar-refractivity contribution in [2.45, 2.75) is 57.2 Å². The minimum Gasteiger partial charge on any atom is -0.508 e. The van der Waals surface area contributed by atoms with Gasteiger partial charge in [-0.2, -0.15) is 0 Å². The van der Waals surface area contributed by atoms with E-state index in [1.54, 1.807) is 6.07 Å². The van der Waals surface area contributed by atoms with Crippen LogP contribution in [0.3, 0.4) is 0 Å². The van der Waals surface area contributed by atoms with E-state index in [2.05, 4.69) is 15.9 Å². The smallest absolute Gasteiger partial charge is 0.115 e. The molecule has 1 atom stereocenters. The summed E-state index contributed by atoms with van der Waals surface area (Å²) in [7, 11) is 0. The molecule has 1 saturated heterocycles. The fourth-order valence-electron chi connectivity index (χ4n) is 4.29. The van der Waals surface area contributed by atoms with Crippen LogP contribution in [-0.4, -0.2) is 58.3 Å². The van der Waals surface area contributed by atoms with Crippen molar-refractivity contribution in [1.82, 2.24) is 9.80 Å². The maximum atomic E-state index is 9.63. The summed E-state index contributed by atoms with van der Waals surface area (Å²) in [4.78, 5) is 5.14. The number of piperazine rings is 1. The van der Waals surface area contributed by atoms with Gasteiger partial charge in [-0.3, -0.25) is 9.80 Å². The van der Waals surface area contributed by atoms with Gasteiger partial charge in [0.05, 0.1) is 0 Å². The van der Waals surface area contributed by atoms with Crippen molar-refractivity contribution in [3.63, 3.8) is 0 Å². The van der Waals surface area contributed by atoms with Crippen molar-refractivity contribution >= 4 is 0 Å². The molecular formula is C19H30N2O2. The number of hydrogen-bond donors (Lipinski definition) is 2. The molecule has 1 heterocycles. The average Bonchev–Trinajstić information content (AvgIpc) is 2.56. The van der Waals surface area contributed by atoms with Crippen LogP contribution in [0.4, 0.5) is 0 Å². The van der Waals surface area contributed by atoms with Gasteiger partial charge in [0.1, 0.15) is 5.75 Å². The van der Waals surface area contributed by atoms with Gasteiger partial charge in [0.2, 0.25) is 0 Å². The van der Waals surface area contributed by atoms with Crippen LogP contribution in [0.2, 0.25) is 0 Å². The van der Waals surface area contributed by atoms with Gasteiger partial charge in [-0.05, 0) is 37.0 Å². The summed E-state index contributed by atoms with van der Waals surface area (Å²) in [5.74, 6) is 0.343. The second-order valence-corrected chi connectivity index (χ2v) is 7.10. The summed E-state index contributed by atoms with van der Waals surface area (Å²) in [6.07, 6.45) is 7.63. The molecule has 128 valence electrons. The van der Waals surface area contributed by atoms with Crippen molar-refractivity contribution in [3.05, 3.63) is 29.8 Å². The number of aliphatic hydroxyl groups excluding tert-OH is 1. The molecule has 0 spiro atoms. The van der Waals surface area contributed by atoms with Crippen LogP contribution in [0.25, 0.3) is 0 Å². The van der Waals surface area contributed by atoms with Crippen LogP contribution in [-0.2, 0) is 6.54 Å². The molecule has 0 unspecified atom stereocenters. The summed E-state index contributed by atoms with van der Waals surface area (Å²) in [5.41, 5.74) is 1.17. The molecule has 0 amide bonds. The van der Waals surface area contributed by atoms with Crippen LogP contribution >= 0.6 is 0 Å². The molecule has 1 aliphatic carbocycles. The van der Waals surface area contributed by atoms with Crippen LogP contribution in [0, 0.1) is 0 Å². The Morgan fingerprint density at radius 3 is 2.65 bits per heavy atom. The number of hydrogen-bond acceptors (Lipinski definition) is 4. The number of nitrogens with zero attached hydrogens (tertiary/aromatic N) is 2. The monoisotopic (exact) mass is 318 g/mol. The molecule has 0 radical (unpaired) electrons. The fourth-order valence-corrected chi connectivity index (χ4v) is 4.29. The van der Waals surface area contributed by atoms with Gasteiger partial charge in [-0.15, -0.1) is 0 Å². The second kappa shape index (κ2) is 8.13. The second-order valence-electron chi connectivity index (χ2n) is 7.10. The van der Waals surface area contributed by atoms with E-state index in [1.165, 1.54) is 37.7 Å². The Balaban J connectivity index is 1.61. The largest absolute Gasteiger partial charge is 0.508 e. The molecule has 2 fully saturated rings. The van der Waals surface area contributed by atoms with E-state index in [4.69, 9.17) is 0 Å². The van der Waals surface area contributed by atoms with Gasteiger partial charge < -0.3 is 10.2 Å². The normalized spacial score (nSPS) is 24.8. The lowest BCUT2D eigenvalue weighted by Crippen LogP contribution is -2.56. The summed E-state index contributed by atoms with van der Waals surface area (Å²) in [5, 5.41) is 19.1. The number of benzene rings is 1. The van der Waals surface area contributed by atoms with E-state index in [9.17, 15) is 10.2 Å². The molecule has 23 heavy (non-hydrogen) atoms. The molecule has 2 aliphatic rings. The van der Waals surface area contributed by atoms with Gasteiger partial charge in [-0.25, -0.2) is 0 Å². The first kappa shape index (κ1) is 16.7. The van der Waals surface area contributed by atoms with Gasteiger partial charge >= 0.3 is 0 Å². The fraction of sp³-hybridized carbons (Fsp3) is 0.684. The number of phenolic OH excluding ortho intramolecular Hbond substituents is 1. The number of rotatable bonds is 5. The molecule has 1 aromatic carbocycles. The highest BCUT2D eigenvalue weighted by Crippen LogP contribution is 2.27. The molecule has 4 nitrogen and oxygen atoms in total. The van der Waals surface area contributed by atoms with Crippen molar-refractivity contribution in [1.29, 1.82) is 0 Å². The Bertz CT molecular complexity index is 488. The third-order valence-corrected chi connectivity index (χ3v) is 5.44. The zero-order valence-corrected chi connectivity index (χ0v) is 14.0. The first-order chi connectivity index (χ1) is 11.3. The van der Waals surface area contributed by atoms with Gasteiger partial charge in [0.25, 0.3) is 0 Å². The standard InChI is InChI=1S/C19H30N2O2/c22-12-9-18-15-20(14-16-5-4-8-19(23)13-16)10-11-21(18)17-6-2-1-3-7-17/h4-5,8,13,17-18,22-23H,1-3,6-7,9-12,14-15H2/t18-/m0/s1. The quantitative estimate of drug-likeness (QED) is 0.876. The summed E-state index contributed by atoms with van der Waals surface area (Å²) >= 11 is 0. The van der Waals surface area contributed by atoms with Crippen LogP contribution < -0.4 is 0 Å². The molecule has 1 aliphatic heterocycles. The van der Waals surface area contributed by atoms with E-state index >= 15 is 0 Å². The predicted molar refractivity (Wildman–Crippen MR) is 92.5 cm³/mol. The Hall–Kier alpha value is -1.10.